The number of aromatic nitrogens is 3. The van der Waals surface area contributed by atoms with Crippen molar-refractivity contribution >= 4 is 5.91 Å². The second kappa shape index (κ2) is 8.82. The first-order chi connectivity index (χ1) is 12.6. The van der Waals surface area contributed by atoms with Crippen LogP contribution in [0.25, 0.3) is 11.4 Å². The fraction of sp³-hybridized carbons (Fsp3) is 0.474. The van der Waals surface area contributed by atoms with E-state index in [4.69, 9.17) is 0 Å². The number of amides is 1. The van der Waals surface area contributed by atoms with Crippen LogP contribution >= 0.6 is 0 Å². The third-order valence-corrected chi connectivity index (χ3v) is 4.72. The lowest BCUT2D eigenvalue weighted by atomic mass is 10.0. The third kappa shape index (κ3) is 4.83. The van der Waals surface area contributed by atoms with Crippen LogP contribution in [0.1, 0.15) is 43.5 Å². The van der Waals surface area contributed by atoms with Gasteiger partial charge in [-0.25, -0.2) is 9.97 Å². The van der Waals surface area contributed by atoms with Crippen LogP contribution in [-0.2, 0) is 4.79 Å². The van der Waals surface area contributed by atoms with E-state index in [1.807, 2.05) is 26.0 Å². The molecule has 1 unspecified atom stereocenters. The zero-order valence-electron chi connectivity index (χ0n) is 15.3. The molecular weight excluding hydrogens is 328 g/mol. The van der Waals surface area contributed by atoms with Crippen LogP contribution in [-0.4, -0.2) is 33.9 Å². The third-order valence-electron chi connectivity index (χ3n) is 4.72. The Bertz CT molecular complexity index is 730. The molecule has 7 heteroatoms. The molecule has 0 radical (unpaired) electrons. The lowest BCUT2D eigenvalue weighted by Gasteiger charge is -2.16. The predicted octanol–water partition coefficient (Wildman–Crippen LogP) is 1.92. The van der Waals surface area contributed by atoms with Crippen molar-refractivity contribution in [3.63, 3.8) is 0 Å². The molecular formula is C19H26N6O. The molecule has 3 N–H and O–H groups in total. The number of hydrogen-bond donors (Lipinski definition) is 3. The number of pyridine rings is 1. The molecule has 1 atom stereocenters. The Hall–Kier alpha value is -2.38. The van der Waals surface area contributed by atoms with Gasteiger partial charge >= 0.3 is 0 Å². The predicted molar refractivity (Wildman–Crippen MR) is 99.9 cm³/mol. The van der Waals surface area contributed by atoms with Gasteiger partial charge in [-0.05, 0) is 44.7 Å². The van der Waals surface area contributed by atoms with Gasteiger partial charge in [0.1, 0.15) is 0 Å². The van der Waals surface area contributed by atoms with E-state index in [9.17, 15) is 4.79 Å². The highest BCUT2D eigenvalue weighted by Crippen LogP contribution is 2.19. The molecule has 1 fully saturated rings. The monoisotopic (exact) mass is 354 g/mol. The molecule has 138 valence electrons. The van der Waals surface area contributed by atoms with Crippen molar-refractivity contribution in [1.82, 2.24) is 31.1 Å². The fourth-order valence-electron chi connectivity index (χ4n) is 3.19. The fourth-order valence-corrected chi connectivity index (χ4v) is 3.19. The highest BCUT2D eigenvalue weighted by Gasteiger charge is 2.16. The van der Waals surface area contributed by atoms with Crippen LogP contribution in [0, 0.1) is 12.8 Å². The molecule has 0 aliphatic carbocycles. The van der Waals surface area contributed by atoms with Crippen LogP contribution in [0.3, 0.4) is 0 Å². The van der Waals surface area contributed by atoms with E-state index in [1.54, 1.807) is 18.6 Å². The van der Waals surface area contributed by atoms with Crippen molar-refractivity contribution in [1.29, 1.82) is 0 Å². The smallest absolute Gasteiger partial charge is 0.220 e. The summed E-state index contributed by atoms with van der Waals surface area (Å²) in [5, 5.41) is 3.06. The summed E-state index contributed by atoms with van der Waals surface area (Å²) in [7, 11) is 0. The van der Waals surface area contributed by atoms with E-state index < -0.39 is 0 Å². The second-order valence-corrected chi connectivity index (χ2v) is 6.78. The Morgan fingerprint density at radius 3 is 2.73 bits per heavy atom. The van der Waals surface area contributed by atoms with Crippen LogP contribution in [0.5, 0.6) is 0 Å². The Morgan fingerprint density at radius 1 is 1.31 bits per heavy atom. The molecule has 0 aromatic carbocycles. The standard InChI is InChI=1S/C19H26N6O/c1-13(24-18(26)5-3-4-15-10-22-23-11-15)17-12-21-19(25-14(17)2)16-6-8-20-9-7-16/h6-9,12-13,15,22-23H,3-5,10-11H2,1-2H3,(H,24,26). The molecule has 1 aliphatic rings. The van der Waals surface area contributed by atoms with Crippen molar-refractivity contribution in [3.8, 4) is 11.4 Å². The van der Waals surface area contributed by atoms with Gasteiger partial charge in [-0.15, -0.1) is 0 Å². The van der Waals surface area contributed by atoms with Gasteiger partial charge in [0, 0.05) is 54.9 Å². The zero-order valence-corrected chi connectivity index (χ0v) is 15.3. The molecule has 1 saturated heterocycles. The number of nitrogens with one attached hydrogen (secondary N) is 3. The Labute approximate surface area is 154 Å². The van der Waals surface area contributed by atoms with Crippen molar-refractivity contribution in [3.05, 3.63) is 42.0 Å². The number of hydrazine groups is 1. The van der Waals surface area contributed by atoms with Crippen molar-refractivity contribution in [2.24, 2.45) is 5.92 Å². The maximum Gasteiger partial charge on any atom is 0.220 e. The minimum atomic E-state index is -0.108. The average Bonchev–Trinajstić information content (AvgIpc) is 3.15. The normalized spacial score (nSPS) is 15.8. The van der Waals surface area contributed by atoms with Crippen molar-refractivity contribution < 1.29 is 4.79 Å². The van der Waals surface area contributed by atoms with Gasteiger partial charge in [-0.2, -0.15) is 0 Å². The molecule has 26 heavy (non-hydrogen) atoms. The van der Waals surface area contributed by atoms with E-state index in [0.717, 1.165) is 42.8 Å². The van der Waals surface area contributed by atoms with Crippen molar-refractivity contribution in [2.75, 3.05) is 13.1 Å². The van der Waals surface area contributed by atoms with E-state index in [0.29, 0.717) is 18.2 Å². The van der Waals surface area contributed by atoms with Gasteiger partial charge in [0.2, 0.25) is 5.91 Å². The lowest BCUT2D eigenvalue weighted by molar-refractivity contribution is -0.121. The first-order valence-corrected chi connectivity index (χ1v) is 9.12. The molecule has 0 spiro atoms. The maximum atomic E-state index is 12.2. The lowest BCUT2D eigenvalue weighted by Crippen LogP contribution is -2.27. The first-order valence-electron chi connectivity index (χ1n) is 9.12. The molecule has 7 nitrogen and oxygen atoms in total. The zero-order chi connectivity index (χ0) is 18.4. The van der Waals surface area contributed by atoms with E-state index in [1.165, 1.54) is 0 Å². The molecule has 2 aromatic heterocycles. The summed E-state index contributed by atoms with van der Waals surface area (Å²) in [6.07, 6.45) is 7.77. The molecule has 1 amide bonds. The number of carbonyl (C=O) groups excluding carboxylic acids is 1. The summed E-state index contributed by atoms with van der Waals surface area (Å²) in [4.78, 5) is 25.3. The minimum absolute atomic E-state index is 0.0778. The number of carbonyl (C=O) groups is 1. The van der Waals surface area contributed by atoms with Crippen LogP contribution in [0.4, 0.5) is 0 Å². The van der Waals surface area contributed by atoms with Crippen LogP contribution < -0.4 is 16.2 Å². The van der Waals surface area contributed by atoms with Gasteiger partial charge in [-0.3, -0.25) is 20.6 Å². The second-order valence-electron chi connectivity index (χ2n) is 6.78. The van der Waals surface area contributed by atoms with E-state index >= 15 is 0 Å². The number of aryl methyl sites for hydroxylation is 1. The summed E-state index contributed by atoms with van der Waals surface area (Å²) in [5.74, 6) is 1.37. The molecule has 1 aliphatic heterocycles. The van der Waals surface area contributed by atoms with Crippen LogP contribution in [0.2, 0.25) is 0 Å². The molecule has 0 saturated carbocycles. The summed E-state index contributed by atoms with van der Waals surface area (Å²) >= 11 is 0. The largest absolute Gasteiger partial charge is 0.349 e. The summed E-state index contributed by atoms with van der Waals surface area (Å²) < 4.78 is 0. The number of nitrogens with zero attached hydrogens (tertiary/aromatic N) is 3. The molecule has 0 bridgehead atoms. The minimum Gasteiger partial charge on any atom is -0.349 e. The molecule has 3 rings (SSSR count). The molecule has 2 aromatic rings. The van der Waals surface area contributed by atoms with Gasteiger partial charge < -0.3 is 5.32 Å². The van der Waals surface area contributed by atoms with Gasteiger partial charge in [-0.1, -0.05) is 0 Å². The number of hydrogen-bond acceptors (Lipinski definition) is 6. The SMILES string of the molecule is Cc1nc(-c2ccncc2)ncc1C(C)NC(=O)CCCC1CNNC1. The number of rotatable bonds is 7. The van der Waals surface area contributed by atoms with E-state index in [-0.39, 0.29) is 11.9 Å². The van der Waals surface area contributed by atoms with Gasteiger partial charge in [0.15, 0.2) is 5.82 Å². The Balaban J connectivity index is 1.53. The molecule has 3 heterocycles. The highest BCUT2D eigenvalue weighted by molar-refractivity contribution is 5.76. The average molecular weight is 354 g/mol. The Kier molecular flexibility index (Phi) is 6.25. The maximum absolute atomic E-state index is 12.2. The summed E-state index contributed by atoms with van der Waals surface area (Å²) in [6, 6.07) is 3.66. The summed E-state index contributed by atoms with van der Waals surface area (Å²) in [6.45, 7) is 5.89. The van der Waals surface area contributed by atoms with Crippen LogP contribution in [0.15, 0.2) is 30.7 Å². The quantitative estimate of drug-likeness (QED) is 0.704. The topological polar surface area (TPSA) is 91.8 Å². The van der Waals surface area contributed by atoms with Gasteiger partial charge in [0.05, 0.1) is 6.04 Å². The van der Waals surface area contributed by atoms with Crippen molar-refractivity contribution in [2.45, 2.75) is 39.2 Å². The Morgan fingerprint density at radius 2 is 2.04 bits per heavy atom. The highest BCUT2D eigenvalue weighted by atomic mass is 16.1. The van der Waals surface area contributed by atoms with E-state index in [2.05, 4.69) is 31.1 Å². The first kappa shape index (κ1) is 18.4. The summed E-state index contributed by atoms with van der Waals surface area (Å²) in [5.41, 5.74) is 8.99. The van der Waals surface area contributed by atoms with Gasteiger partial charge in [0.25, 0.3) is 0 Å².